The molecule has 1 heterocycles. The highest BCUT2D eigenvalue weighted by Gasteiger charge is 2.33. The van der Waals surface area contributed by atoms with E-state index in [1.807, 2.05) is 6.07 Å². The number of nitrogens with one attached hydrogen (secondary N) is 1. The Balaban J connectivity index is 2.36. The predicted molar refractivity (Wildman–Crippen MR) is 59.4 cm³/mol. The van der Waals surface area contributed by atoms with Gasteiger partial charge in [-0.05, 0) is 30.7 Å². The van der Waals surface area contributed by atoms with Crippen molar-refractivity contribution in [3.63, 3.8) is 0 Å². The number of rotatable bonds is 2. The van der Waals surface area contributed by atoms with Crippen LogP contribution in [-0.2, 0) is 5.60 Å². The number of hydrogen-bond donors (Lipinski definition) is 2. The minimum absolute atomic E-state index is 0.566. The fraction of sp³-hybridized carbons (Fsp3) is 0.455. The van der Waals surface area contributed by atoms with Crippen LogP contribution in [0.15, 0.2) is 18.2 Å². The van der Waals surface area contributed by atoms with Crippen LogP contribution in [-0.4, -0.2) is 25.3 Å². The highest BCUT2D eigenvalue weighted by atomic mass is 35.5. The van der Waals surface area contributed by atoms with E-state index < -0.39 is 5.60 Å². The van der Waals surface area contributed by atoms with Crippen LogP contribution in [0.3, 0.4) is 0 Å². The van der Waals surface area contributed by atoms with Gasteiger partial charge in [-0.25, -0.2) is 0 Å². The summed E-state index contributed by atoms with van der Waals surface area (Å²) in [5.41, 5.74) is 0.0754. The van der Waals surface area contributed by atoms with E-state index in [1.165, 1.54) is 0 Å². The van der Waals surface area contributed by atoms with Crippen molar-refractivity contribution in [2.24, 2.45) is 0 Å². The van der Waals surface area contributed by atoms with Crippen molar-refractivity contribution in [3.05, 3.63) is 28.8 Å². The van der Waals surface area contributed by atoms with E-state index in [4.69, 9.17) is 16.3 Å². The molecule has 3 nitrogen and oxygen atoms in total. The molecule has 0 aromatic heterocycles. The number of aliphatic hydroxyl groups is 1. The van der Waals surface area contributed by atoms with Crippen LogP contribution in [0.25, 0.3) is 0 Å². The molecule has 0 radical (unpaired) electrons. The van der Waals surface area contributed by atoms with Gasteiger partial charge in [0.1, 0.15) is 11.4 Å². The molecule has 1 saturated heterocycles. The Bertz CT molecular complexity index is 362. The number of halogens is 1. The van der Waals surface area contributed by atoms with E-state index >= 15 is 0 Å². The van der Waals surface area contributed by atoms with E-state index in [0.717, 1.165) is 18.5 Å². The third-order valence-electron chi connectivity index (χ3n) is 2.82. The zero-order valence-corrected chi connectivity index (χ0v) is 9.34. The Kier molecular flexibility index (Phi) is 2.87. The Morgan fingerprint density at radius 2 is 2.33 bits per heavy atom. The smallest absolute Gasteiger partial charge is 0.137 e. The average molecular weight is 228 g/mol. The summed E-state index contributed by atoms with van der Waals surface area (Å²) in [5.74, 6) is 0.606. The third kappa shape index (κ3) is 1.95. The van der Waals surface area contributed by atoms with Gasteiger partial charge >= 0.3 is 0 Å². The van der Waals surface area contributed by atoms with E-state index in [9.17, 15) is 5.11 Å². The van der Waals surface area contributed by atoms with Crippen molar-refractivity contribution in [2.75, 3.05) is 20.2 Å². The first-order valence-corrected chi connectivity index (χ1v) is 5.31. The van der Waals surface area contributed by atoms with Gasteiger partial charge in [-0.2, -0.15) is 0 Å². The number of β-amino-alcohol motifs (C(OH)–C–C–N with tert-alkyl or cyclic N) is 1. The lowest BCUT2D eigenvalue weighted by Crippen LogP contribution is -2.28. The second kappa shape index (κ2) is 4.00. The number of ether oxygens (including phenoxy) is 1. The van der Waals surface area contributed by atoms with Gasteiger partial charge in [0.2, 0.25) is 0 Å². The van der Waals surface area contributed by atoms with Gasteiger partial charge in [0.15, 0.2) is 0 Å². The zero-order chi connectivity index (χ0) is 10.9. The van der Waals surface area contributed by atoms with Gasteiger partial charge in [-0.1, -0.05) is 17.7 Å². The SMILES string of the molecule is COc1cc(C2(O)CCNC2)ccc1Cl. The molecule has 0 spiro atoms. The van der Waals surface area contributed by atoms with Crippen molar-refractivity contribution in [1.82, 2.24) is 5.32 Å². The van der Waals surface area contributed by atoms with E-state index in [2.05, 4.69) is 5.32 Å². The Labute approximate surface area is 94.0 Å². The molecule has 1 atom stereocenters. The lowest BCUT2D eigenvalue weighted by Gasteiger charge is -2.22. The average Bonchev–Trinajstić information content (AvgIpc) is 2.67. The van der Waals surface area contributed by atoms with Gasteiger partial charge in [-0.15, -0.1) is 0 Å². The first kappa shape index (κ1) is 10.7. The summed E-state index contributed by atoms with van der Waals surface area (Å²) in [7, 11) is 1.57. The molecule has 2 N–H and O–H groups in total. The summed E-state index contributed by atoms with van der Waals surface area (Å²) >= 11 is 5.93. The van der Waals surface area contributed by atoms with Gasteiger partial charge in [0.25, 0.3) is 0 Å². The van der Waals surface area contributed by atoms with Crippen molar-refractivity contribution in [1.29, 1.82) is 0 Å². The lowest BCUT2D eigenvalue weighted by molar-refractivity contribution is 0.0585. The maximum Gasteiger partial charge on any atom is 0.137 e. The summed E-state index contributed by atoms with van der Waals surface area (Å²) in [6, 6.07) is 5.40. The molecule has 1 aromatic rings. The van der Waals surface area contributed by atoms with Crippen LogP contribution in [0, 0.1) is 0 Å². The summed E-state index contributed by atoms with van der Waals surface area (Å²) < 4.78 is 5.13. The van der Waals surface area contributed by atoms with Gasteiger partial charge in [-0.3, -0.25) is 0 Å². The summed E-state index contributed by atoms with van der Waals surface area (Å²) in [6.45, 7) is 1.42. The Hall–Kier alpha value is -0.770. The quantitative estimate of drug-likeness (QED) is 0.805. The maximum atomic E-state index is 10.3. The molecule has 1 fully saturated rings. The molecule has 0 saturated carbocycles. The number of hydrogen-bond acceptors (Lipinski definition) is 3. The first-order chi connectivity index (χ1) is 7.15. The second-order valence-electron chi connectivity index (χ2n) is 3.81. The van der Waals surface area contributed by atoms with Crippen LogP contribution in [0.2, 0.25) is 5.02 Å². The molecule has 2 rings (SSSR count). The summed E-state index contributed by atoms with van der Waals surface area (Å²) in [5, 5.41) is 14.0. The molecule has 82 valence electrons. The largest absolute Gasteiger partial charge is 0.495 e. The molecule has 0 amide bonds. The monoisotopic (exact) mass is 227 g/mol. The topological polar surface area (TPSA) is 41.5 Å². The van der Waals surface area contributed by atoms with Gasteiger partial charge in [0, 0.05) is 6.54 Å². The molecular weight excluding hydrogens is 214 g/mol. The standard InChI is InChI=1S/C11H14ClNO2/c1-15-10-6-8(2-3-9(10)12)11(14)4-5-13-7-11/h2-3,6,13-14H,4-5,7H2,1H3. The number of methoxy groups -OCH3 is 1. The molecule has 1 unspecified atom stereocenters. The molecule has 1 aliphatic rings. The number of benzene rings is 1. The molecule has 0 aliphatic carbocycles. The normalized spacial score (nSPS) is 25.5. The van der Waals surface area contributed by atoms with Crippen LogP contribution in [0.4, 0.5) is 0 Å². The second-order valence-corrected chi connectivity index (χ2v) is 4.21. The maximum absolute atomic E-state index is 10.3. The molecule has 0 bridgehead atoms. The highest BCUT2D eigenvalue weighted by Crippen LogP contribution is 2.33. The lowest BCUT2D eigenvalue weighted by atomic mass is 9.93. The fourth-order valence-corrected chi connectivity index (χ4v) is 2.07. The molecule has 15 heavy (non-hydrogen) atoms. The summed E-state index contributed by atoms with van der Waals surface area (Å²) in [4.78, 5) is 0. The van der Waals surface area contributed by atoms with E-state index in [-0.39, 0.29) is 0 Å². The van der Waals surface area contributed by atoms with Crippen molar-refractivity contribution in [2.45, 2.75) is 12.0 Å². The van der Waals surface area contributed by atoms with Crippen molar-refractivity contribution < 1.29 is 9.84 Å². The molecule has 1 aliphatic heterocycles. The molecular formula is C11H14ClNO2. The van der Waals surface area contributed by atoms with Crippen LogP contribution < -0.4 is 10.1 Å². The third-order valence-corrected chi connectivity index (χ3v) is 3.13. The first-order valence-electron chi connectivity index (χ1n) is 4.93. The fourth-order valence-electron chi connectivity index (χ4n) is 1.87. The molecule has 4 heteroatoms. The van der Waals surface area contributed by atoms with Gasteiger partial charge in [0.05, 0.1) is 12.1 Å². The van der Waals surface area contributed by atoms with Gasteiger partial charge < -0.3 is 15.2 Å². The minimum atomic E-state index is -0.780. The summed E-state index contributed by atoms with van der Waals surface area (Å²) in [6.07, 6.45) is 0.720. The predicted octanol–water partition coefficient (Wildman–Crippen LogP) is 1.53. The van der Waals surface area contributed by atoms with Crippen LogP contribution in [0.5, 0.6) is 5.75 Å². The minimum Gasteiger partial charge on any atom is -0.495 e. The van der Waals surface area contributed by atoms with E-state index in [1.54, 1.807) is 19.2 Å². The molecule has 1 aromatic carbocycles. The highest BCUT2D eigenvalue weighted by molar-refractivity contribution is 6.32. The van der Waals surface area contributed by atoms with Crippen LogP contribution >= 0.6 is 11.6 Å². The van der Waals surface area contributed by atoms with Crippen molar-refractivity contribution >= 4 is 11.6 Å². The van der Waals surface area contributed by atoms with E-state index in [0.29, 0.717) is 17.3 Å². The Morgan fingerprint density at radius 3 is 2.93 bits per heavy atom. The van der Waals surface area contributed by atoms with Crippen molar-refractivity contribution in [3.8, 4) is 5.75 Å². The Morgan fingerprint density at radius 1 is 1.53 bits per heavy atom. The van der Waals surface area contributed by atoms with Crippen LogP contribution in [0.1, 0.15) is 12.0 Å². The zero-order valence-electron chi connectivity index (χ0n) is 8.59.